The van der Waals surface area contributed by atoms with E-state index in [9.17, 15) is 4.39 Å². The highest BCUT2D eigenvalue weighted by molar-refractivity contribution is 6.31. The van der Waals surface area contributed by atoms with Gasteiger partial charge >= 0.3 is 0 Å². The van der Waals surface area contributed by atoms with Crippen LogP contribution in [0.1, 0.15) is 18.4 Å². The number of ether oxygens (including phenoxy) is 1. The van der Waals surface area contributed by atoms with Gasteiger partial charge in [0.25, 0.3) is 0 Å². The van der Waals surface area contributed by atoms with Crippen molar-refractivity contribution in [3.05, 3.63) is 34.6 Å². The van der Waals surface area contributed by atoms with E-state index >= 15 is 0 Å². The summed E-state index contributed by atoms with van der Waals surface area (Å²) in [5.74, 6) is -0.275. The van der Waals surface area contributed by atoms with E-state index in [4.69, 9.17) is 22.1 Å². The van der Waals surface area contributed by atoms with E-state index < -0.39 is 0 Å². The Morgan fingerprint density at radius 1 is 1.50 bits per heavy atom. The maximum absolute atomic E-state index is 13.0. The van der Waals surface area contributed by atoms with Gasteiger partial charge in [0.1, 0.15) is 5.82 Å². The van der Waals surface area contributed by atoms with Crippen LogP contribution in [0.25, 0.3) is 0 Å². The molecule has 0 aliphatic rings. The van der Waals surface area contributed by atoms with Crippen molar-refractivity contribution in [3.63, 3.8) is 0 Å². The Balaban J connectivity index is 2.48. The lowest BCUT2D eigenvalue weighted by Gasteiger charge is -2.12. The predicted molar refractivity (Wildman–Crippen MR) is 64.2 cm³/mol. The summed E-state index contributed by atoms with van der Waals surface area (Å²) in [6.45, 7) is 0.699. The van der Waals surface area contributed by atoms with Gasteiger partial charge in [0, 0.05) is 24.8 Å². The Labute approximate surface area is 101 Å². The second kappa shape index (κ2) is 6.84. The van der Waals surface area contributed by atoms with Crippen molar-refractivity contribution in [3.8, 4) is 0 Å². The lowest BCUT2D eigenvalue weighted by atomic mass is 10.0. The van der Waals surface area contributed by atoms with Gasteiger partial charge in [0.2, 0.25) is 0 Å². The van der Waals surface area contributed by atoms with Gasteiger partial charge in [0.15, 0.2) is 0 Å². The summed E-state index contributed by atoms with van der Waals surface area (Å²) < 4.78 is 17.9. The molecule has 0 aliphatic heterocycles. The van der Waals surface area contributed by atoms with Crippen molar-refractivity contribution in [2.24, 2.45) is 5.73 Å². The summed E-state index contributed by atoms with van der Waals surface area (Å²) in [6, 6.07) is 4.35. The minimum absolute atomic E-state index is 0.00514. The van der Waals surface area contributed by atoms with Crippen LogP contribution in [0, 0.1) is 5.82 Å². The number of hydrogen-bond acceptors (Lipinski definition) is 2. The first-order valence-corrected chi connectivity index (χ1v) is 5.69. The standard InChI is InChI=1S/C12H17ClFNO/c1-16-6-2-3-11(15)8-9-7-10(14)4-5-12(9)13/h4-5,7,11H,2-3,6,8,15H2,1H3. The van der Waals surface area contributed by atoms with Crippen LogP contribution in [0.2, 0.25) is 5.02 Å². The van der Waals surface area contributed by atoms with Gasteiger partial charge in [-0.2, -0.15) is 0 Å². The van der Waals surface area contributed by atoms with Crippen LogP contribution in [-0.4, -0.2) is 19.8 Å². The number of hydrogen-bond donors (Lipinski definition) is 1. The van der Waals surface area contributed by atoms with Crippen LogP contribution >= 0.6 is 11.6 Å². The topological polar surface area (TPSA) is 35.2 Å². The Kier molecular flexibility index (Phi) is 5.74. The van der Waals surface area contributed by atoms with E-state index in [0.717, 1.165) is 18.4 Å². The number of benzene rings is 1. The molecule has 2 nitrogen and oxygen atoms in total. The van der Waals surface area contributed by atoms with Crippen LogP contribution < -0.4 is 5.73 Å². The number of nitrogens with two attached hydrogens (primary N) is 1. The van der Waals surface area contributed by atoms with E-state index in [0.29, 0.717) is 18.1 Å². The van der Waals surface area contributed by atoms with Crippen molar-refractivity contribution in [1.29, 1.82) is 0 Å². The predicted octanol–water partition coefficient (Wildman–Crippen LogP) is 2.78. The van der Waals surface area contributed by atoms with Crippen molar-refractivity contribution >= 4 is 11.6 Å². The fraction of sp³-hybridized carbons (Fsp3) is 0.500. The highest BCUT2D eigenvalue weighted by atomic mass is 35.5. The first-order chi connectivity index (χ1) is 7.63. The smallest absolute Gasteiger partial charge is 0.123 e. The summed E-state index contributed by atoms with van der Waals surface area (Å²) in [5.41, 5.74) is 6.70. The Morgan fingerprint density at radius 2 is 2.25 bits per heavy atom. The molecule has 0 aromatic heterocycles. The van der Waals surface area contributed by atoms with Gasteiger partial charge in [-0.3, -0.25) is 0 Å². The zero-order valence-corrected chi connectivity index (χ0v) is 10.1. The zero-order valence-electron chi connectivity index (χ0n) is 9.38. The van der Waals surface area contributed by atoms with Crippen LogP contribution in [0.4, 0.5) is 4.39 Å². The quantitative estimate of drug-likeness (QED) is 0.783. The molecule has 2 N–H and O–H groups in total. The second-order valence-electron chi connectivity index (χ2n) is 3.83. The minimum Gasteiger partial charge on any atom is -0.385 e. The minimum atomic E-state index is -0.275. The highest BCUT2D eigenvalue weighted by Gasteiger charge is 2.08. The van der Waals surface area contributed by atoms with Gasteiger partial charge < -0.3 is 10.5 Å². The molecule has 0 saturated heterocycles. The third-order valence-corrected chi connectivity index (χ3v) is 2.78. The molecule has 0 bridgehead atoms. The van der Waals surface area contributed by atoms with Gasteiger partial charge in [-0.25, -0.2) is 4.39 Å². The molecule has 0 heterocycles. The van der Waals surface area contributed by atoms with Crippen molar-refractivity contribution in [1.82, 2.24) is 0 Å². The highest BCUT2D eigenvalue weighted by Crippen LogP contribution is 2.19. The summed E-state index contributed by atoms with van der Waals surface area (Å²) in [6.07, 6.45) is 2.35. The summed E-state index contributed by atoms with van der Waals surface area (Å²) in [7, 11) is 1.66. The molecule has 90 valence electrons. The lowest BCUT2D eigenvalue weighted by molar-refractivity contribution is 0.190. The lowest BCUT2D eigenvalue weighted by Crippen LogP contribution is -2.23. The van der Waals surface area contributed by atoms with Gasteiger partial charge in [0.05, 0.1) is 0 Å². The number of methoxy groups -OCH3 is 1. The summed E-state index contributed by atoms with van der Waals surface area (Å²) in [5, 5.41) is 0.573. The van der Waals surface area contributed by atoms with Gasteiger partial charge in [-0.05, 0) is 43.0 Å². The van der Waals surface area contributed by atoms with Crippen molar-refractivity contribution in [2.45, 2.75) is 25.3 Å². The first-order valence-electron chi connectivity index (χ1n) is 5.32. The normalized spacial score (nSPS) is 12.8. The van der Waals surface area contributed by atoms with E-state index in [1.165, 1.54) is 12.1 Å². The zero-order chi connectivity index (χ0) is 12.0. The molecular weight excluding hydrogens is 229 g/mol. The van der Waals surface area contributed by atoms with Crippen LogP contribution in [0.3, 0.4) is 0 Å². The fourth-order valence-corrected chi connectivity index (χ4v) is 1.77. The average Bonchev–Trinajstić information content (AvgIpc) is 2.24. The molecule has 0 spiro atoms. The molecule has 0 fully saturated rings. The van der Waals surface area contributed by atoms with Crippen LogP contribution in [-0.2, 0) is 11.2 Å². The molecule has 0 saturated carbocycles. The third kappa shape index (κ3) is 4.47. The molecule has 1 unspecified atom stereocenters. The van der Waals surface area contributed by atoms with Crippen molar-refractivity contribution in [2.75, 3.05) is 13.7 Å². The molecule has 1 atom stereocenters. The van der Waals surface area contributed by atoms with E-state index in [2.05, 4.69) is 0 Å². The third-order valence-electron chi connectivity index (χ3n) is 2.41. The first kappa shape index (κ1) is 13.4. The maximum atomic E-state index is 13.0. The van der Waals surface area contributed by atoms with Crippen LogP contribution in [0.5, 0.6) is 0 Å². The second-order valence-corrected chi connectivity index (χ2v) is 4.24. The molecule has 1 aromatic carbocycles. The van der Waals surface area contributed by atoms with Gasteiger partial charge in [-0.1, -0.05) is 11.6 Å². The Morgan fingerprint density at radius 3 is 2.94 bits per heavy atom. The summed E-state index contributed by atoms with van der Waals surface area (Å²) >= 11 is 5.95. The number of halogens is 2. The molecule has 1 rings (SSSR count). The van der Waals surface area contributed by atoms with E-state index in [1.807, 2.05) is 0 Å². The molecular formula is C12H17ClFNO. The molecule has 4 heteroatoms. The van der Waals surface area contributed by atoms with Crippen molar-refractivity contribution < 1.29 is 9.13 Å². The molecule has 1 aromatic rings. The molecule has 0 aliphatic carbocycles. The van der Waals surface area contributed by atoms with Gasteiger partial charge in [-0.15, -0.1) is 0 Å². The Bertz CT molecular complexity index is 333. The van der Waals surface area contributed by atoms with E-state index in [-0.39, 0.29) is 11.9 Å². The van der Waals surface area contributed by atoms with E-state index in [1.54, 1.807) is 13.2 Å². The average molecular weight is 246 g/mol. The maximum Gasteiger partial charge on any atom is 0.123 e. The SMILES string of the molecule is COCCCC(N)Cc1cc(F)ccc1Cl. The Hall–Kier alpha value is -0.640. The molecule has 0 amide bonds. The largest absolute Gasteiger partial charge is 0.385 e. The monoisotopic (exact) mass is 245 g/mol. The number of rotatable bonds is 6. The fourth-order valence-electron chi connectivity index (χ4n) is 1.57. The molecule has 16 heavy (non-hydrogen) atoms. The van der Waals surface area contributed by atoms with Crippen LogP contribution in [0.15, 0.2) is 18.2 Å². The summed E-state index contributed by atoms with van der Waals surface area (Å²) in [4.78, 5) is 0. The molecule has 0 radical (unpaired) electrons.